The molecular formula is C13H15ClN2O2. The van der Waals surface area contributed by atoms with E-state index in [0.717, 1.165) is 28.4 Å². The predicted molar refractivity (Wildman–Crippen MR) is 71.1 cm³/mol. The summed E-state index contributed by atoms with van der Waals surface area (Å²) in [6.45, 7) is 2.01. The first kappa shape index (κ1) is 12.9. The predicted octanol–water partition coefficient (Wildman–Crippen LogP) is 2.58. The van der Waals surface area contributed by atoms with Gasteiger partial charge in [-0.05, 0) is 24.6 Å². The molecule has 0 fully saturated rings. The van der Waals surface area contributed by atoms with Gasteiger partial charge in [-0.2, -0.15) is 0 Å². The van der Waals surface area contributed by atoms with Crippen LogP contribution in [0, 0.1) is 6.92 Å². The third-order valence-corrected chi connectivity index (χ3v) is 2.93. The average Bonchev–Trinajstić information content (AvgIpc) is 2.77. The molecule has 0 aliphatic heterocycles. The molecule has 0 radical (unpaired) electrons. The lowest BCUT2D eigenvalue weighted by Crippen LogP contribution is -1.94. The van der Waals surface area contributed by atoms with Gasteiger partial charge in [0, 0.05) is 17.0 Å². The highest BCUT2D eigenvalue weighted by Gasteiger charge is 2.12. The summed E-state index contributed by atoms with van der Waals surface area (Å²) in [6.07, 6.45) is 2.22. The molecule has 5 heteroatoms. The number of imidazole rings is 1. The smallest absolute Gasteiger partial charge is 0.131 e. The van der Waals surface area contributed by atoms with Crippen LogP contribution in [-0.2, 0) is 6.42 Å². The summed E-state index contributed by atoms with van der Waals surface area (Å²) in [4.78, 5) is 7.35. The third kappa shape index (κ3) is 2.49. The van der Waals surface area contributed by atoms with Crippen LogP contribution in [0.2, 0.25) is 5.02 Å². The highest BCUT2D eigenvalue weighted by Crippen LogP contribution is 2.34. The van der Waals surface area contributed by atoms with E-state index in [1.165, 1.54) is 0 Å². The maximum Gasteiger partial charge on any atom is 0.131 e. The van der Waals surface area contributed by atoms with Crippen LogP contribution in [0.1, 0.15) is 11.4 Å². The quantitative estimate of drug-likeness (QED) is 0.894. The van der Waals surface area contributed by atoms with Crippen LogP contribution in [0.4, 0.5) is 0 Å². The lowest BCUT2D eigenvalue weighted by molar-refractivity contribution is 0.297. The third-order valence-electron chi connectivity index (χ3n) is 2.71. The van der Waals surface area contributed by atoms with E-state index in [-0.39, 0.29) is 6.61 Å². The molecule has 4 nitrogen and oxygen atoms in total. The Balaban J connectivity index is 2.48. The minimum absolute atomic E-state index is 0.0681. The van der Waals surface area contributed by atoms with E-state index in [2.05, 4.69) is 9.97 Å². The van der Waals surface area contributed by atoms with Gasteiger partial charge in [0.05, 0.1) is 25.6 Å². The Morgan fingerprint density at radius 2 is 2.22 bits per heavy atom. The molecule has 0 saturated carbocycles. The molecule has 2 N–H and O–H groups in total. The minimum Gasteiger partial charge on any atom is -0.496 e. The number of halogens is 1. The Bertz CT molecular complexity index is 552. The Hall–Kier alpha value is -1.52. The average molecular weight is 267 g/mol. The van der Waals surface area contributed by atoms with Crippen LogP contribution in [0.15, 0.2) is 18.3 Å². The minimum atomic E-state index is 0.0681. The van der Waals surface area contributed by atoms with Gasteiger partial charge in [-0.15, -0.1) is 0 Å². The van der Waals surface area contributed by atoms with Crippen molar-refractivity contribution in [1.29, 1.82) is 0 Å². The zero-order valence-electron chi connectivity index (χ0n) is 10.3. The summed E-state index contributed by atoms with van der Waals surface area (Å²) in [5, 5.41) is 9.54. The Kier molecular flexibility index (Phi) is 3.89. The number of aliphatic hydroxyl groups excluding tert-OH is 1. The molecule has 0 unspecified atom stereocenters. The van der Waals surface area contributed by atoms with Gasteiger partial charge in [-0.25, -0.2) is 4.98 Å². The lowest BCUT2D eigenvalue weighted by atomic mass is 10.1. The van der Waals surface area contributed by atoms with Crippen LogP contribution >= 0.6 is 11.6 Å². The Labute approximate surface area is 111 Å². The molecule has 0 bridgehead atoms. The number of rotatable bonds is 4. The van der Waals surface area contributed by atoms with E-state index in [9.17, 15) is 0 Å². The summed E-state index contributed by atoms with van der Waals surface area (Å²) in [5.74, 6) is 1.52. The Morgan fingerprint density at radius 1 is 1.44 bits per heavy atom. The SMILES string of the molecule is COc1c(C)cc(Cl)cc1-c1cnc(CCO)[nH]1. The van der Waals surface area contributed by atoms with Crippen molar-refractivity contribution in [3.63, 3.8) is 0 Å². The number of aromatic nitrogens is 2. The monoisotopic (exact) mass is 266 g/mol. The van der Waals surface area contributed by atoms with E-state index in [0.29, 0.717) is 11.4 Å². The van der Waals surface area contributed by atoms with Crippen molar-refractivity contribution >= 4 is 11.6 Å². The molecule has 1 heterocycles. The maximum absolute atomic E-state index is 8.88. The molecule has 0 saturated heterocycles. The van der Waals surface area contributed by atoms with Crippen LogP contribution in [0.25, 0.3) is 11.3 Å². The summed E-state index contributed by atoms with van der Waals surface area (Å²) in [7, 11) is 1.63. The molecule has 0 atom stereocenters. The number of nitrogens with zero attached hydrogens (tertiary/aromatic N) is 1. The van der Waals surface area contributed by atoms with Crippen LogP contribution in [0.5, 0.6) is 5.75 Å². The first-order valence-electron chi connectivity index (χ1n) is 5.65. The van der Waals surface area contributed by atoms with E-state index >= 15 is 0 Å². The zero-order valence-corrected chi connectivity index (χ0v) is 11.1. The number of ether oxygens (including phenoxy) is 1. The van der Waals surface area contributed by atoms with E-state index in [1.54, 1.807) is 13.3 Å². The first-order chi connectivity index (χ1) is 8.65. The van der Waals surface area contributed by atoms with Gasteiger partial charge in [-0.1, -0.05) is 11.6 Å². The largest absolute Gasteiger partial charge is 0.496 e. The standard InChI is InChI=1S/C13H15ClN2O2/c1-8-5-9(14)6-10(13(8)18-2)11-7-15-12(16-11)3-4-17/h5-7,17H,3-4H2,1-2H3,(H,15,16). The maximum atomic E-state index is 8.88. The molecule has 1 aromatic carbocycles. The first-order valence-corrected chi connectivity index (χ1v) is 6.02. The van der Waals surface area contributed by atoms with Crippen molar-refractivity contribution in [2.45, 2.75) is 13.3 Å². The second-order valence-electron chi connectivity index (χ2n) is 4.02. The molecular weight excluding hydrogens is 252 g/mol. The number of methoxy groups -OCH3 is 1. The molecule has 1 aromatic heterocycles. The number of nitrogens with one attached hydrogen (secondary N) is 1. The molecule has 0 aliphatic rings. The highest BCUT2D eigenvalue weighted by atomic mass is 35.5. The highest BCUT2D eigenvalue weighted by molar-refractivity contribution is 6.31. The van der Waals surface area contributed by atoms with Crippen molar-refractivity contribution in [3.8, 4) is 17.0 Å². The summed E-state index contributed by atoms with van der Waals surface area (Å²) < 4.78 is 5.40. The number of aliphatic hydroxyl groups is 1. The van der Waals surface area contributed by atoms with Gasteiger partial charge in [0.2, 0.25) is 0 Å². The van der Waals surface area contributed by atoms with Gasteiger partial charge >= 0.3 is 0 Å². The van der Waals surface area contributed by atoms with Crippen molar-refractivity contribution in [2.24, 2.45) is 0 Å². The number of H-pyrrole nitrogens is 1. The molecule has 0 amide bonds. The molecule has 2 rings (SSSR count). The fourth-order valence-electron chi connectivity index (χ4n) is 1.93. The van der Waals surface area contributed by atoms with E-state index in [1.807, 2.05) is 19.1 Å². The molecule has 0 spiro atoms. The van der Waals surface area contributed by atoms with Gasteiger partial charge in [-0.3, -0.25) is 0 Å². The van der Waals surface area contributed by atoms with Crippen LogP contribution in [-0.4, -0.2) is 28.8 Å². The molecule has 96 valence electrons. The van der Waals surface area contributed by atoms with Gasteiger partial charge in [0.1, 0.15) is 11.6 Å². The number of aryl methyl sites for hydroxylation is 1. The Morgan fingerprint density at radius 3 is 2.89 bits per heavy atom. The van der Waals surface area contributed by atoms with Gasteiger partial charge < -0.3 is 14.8 Å². The van der Waals surface area contributed by atoms with Crippen molar-refractivity contribution in [3.05, 3.63) is 34.7 Å². The molecule has 18 heavy (non-hydrogen) atoms. The lowest BCUT2D eigenvalue weighted by Gasteiger charge is -2.10. The van der Waals surface area contributed by atoms with Gasteiger partial charge in [0.15, 0.2) is 0 Å². The number of hydrogen-bond donors (Lipinski definition) is 2. The fourth-order valence-corrected chi connectivity index (χ4v) is 2.21. The number of benzene rings is 1. The van der Waals surface area contributed by atoms with Crippen molar-refractivity contribution < 1.29 is 9.84 Å². The number of hydrogen-bond acceptors (Lipinski definition) is 3. The van der Waals surface area contributed by atoms with Crippen molar-refractivity contribution in [1.82, 2.24) is 9.97 Å². The second kappa shape index (κ2) is 5.42. The summed E-state index contributed by atoms with van der Waals surface area (Å²) in [5.41, 5.74) is 2.68. The second-order valence-corrected chi connectivity index (χ2v) is 4.46. The van der Waals surface area contributed by atoms with Crippen LogP contribution < -0.4 is 4.74 Å². The molecule has 0 aliphatic carbocycles. The van der Waals surface area contributed by atoms with Crippen LogP contribution in [0.3, 0.4) is 0 Å². The van der Waals surface area contributed by atoms with Crippen molar-refractivity contribution in [2.75, 3.05) is 13.7 Å². The summed E-state index contributed by atoms with van der Waals surface area (Å²) in [6, 6.07) is 3.69. The van der Waals surface area contributed by atoms with E-state index < -0.39 is 0 Å². The van der Waals surface area contributed by atoms with Gasteiger partial charge in [0.25, 0.3) is 0 Å². The topological polar surface area (TPSA) is 58.1 Å². The molecule has 2 aromatic rings. The normalized spacial score (nSPS) is 10.7. The summed E-state index contributed by atoms with van der Waals surface area (Å²) >= 11 is 6.07. The fraction of sp³-hybridized carbons (Fsp3) is 0.308. The zero-order chi connectivity index (χ0) is 13.1. The number of aromatic amines is 1. The van der Waals surface area contributed by atoms with E-state index in [4.69, 9.17) is 21.4 Å².